The number of urea groups is 1. The number of hydrogen-bond acceptors (Lipinski definition) is 3. The van der Waals surface area contributed by atoms with E-state index in [0.29, 0.717) is 19.1 Å². The molecule has 1 fully saturated rings. The van der Waals surface area contributed by atoms with Crippen LogP contribution in [0.3, 0.4) is 0 Å². The van der Waals surface area contributed by atoms with Crippen LogP contribution >= 0.6 is 0 Å². The van der Waals surface area contributed by atoms with Crippen molar-refractivity contribution in [2.24, 2.45) is 5.92 Å². The molecule has 0 aromatic carbocycles. The Hall–Kier alpha value is -1.30. The molecule has 21 heavy (non-hydrogen) atoms. The fourth-order valence-corrected chi connectivity index (χ4v) is 2.42. The molecule has 1 aliphatic rings. The van der Waals surface area contributed by atoms with Crippen LogP contribution in [0.2, 0.25) is 0 Å². The van der Waals surface area contributed by atoms with E-state index in [9.17, 15) is 9.59 Å². The number of rotatable bonds is 9. The predicted molar refractivity (Wildman–Crippen MR) is 80.2 cm³/mol. The summed E-state index contributed by atoms with van der Waals surface area (Å²) in [7, 11) is 0. The summed E-state index contributed by atoms with van der Waals surface area (Å²) in [5, 5.41) is 14.5. The summed E-state index contributed by atoms with van der Waals surface area (Å²) >= 11 is 0. The largest absolute Gasteiger partial charge is 0.481 e. The van der Waals surface area contributed by atoms with Gasteiger partial charge >= 0.3 is 12.0 Å². The molecule has 122 valence electrons. The summed E-state index contributed by atoms with van der Waals surface area (Å²) in [5.41, 5.74) is 0. The zero-order valence-electron chi connectivity index (χ0n) is 13.1. The van der Waals surface area contributed by atoms with Gasteiger partial charge in [-0.05, 0) is 39.0 Å². The lowest BCUT2D eigenvalue weighted by Gasteiger charge is -2.16. The van der Waals surface area contributed by atoms with E-state index in [1.165, 1.54) is 0 Å². The number of amides is 2. The van der Waals surface area contributed by atoms with Crippen molar-refractivity contribution in [2.75, 3.05) is 13.2 Å². The second-order valence-electron chi connectivity index (χ2n) is 5.90. The van der Waals surface area contributed by atoms with Crippen LogP contribution in [0, 0.1) is 5.92 Å². The molecule has 0 aliphatic carbocycles. The van der Waals surface area contributed by atoms with Gasteiger partial charge in [-0.15, -0.1) is 0 Å². The third-order valence-corrected chi connectivity index (χ3v) is 3.85. The lowest BCUT2D eigenvalue weighted by molar-refractivity contribution is -0.141. The van der Waals surface area contributed by atoms with Gasteiger partial charge in [-0.1, -0.05) is 13.3 Å². The first kappa shape index (κ1) is 17.8. The van der Waals surface area contributed by atoms with Gasteiger partial charge in [0.15, 0.2) is 0 Å². The summed E-state index contributed by atoms with van der Waals surface area (Å²) in [6.07, 6.45) is 5.58. The molecule has 1 rings (SSSR count). The molecule has 1 saturated heterocycles. The fraction of sp³-hybridized carbons (Fsp3) is 0.867. The average Bonchev–Trinajstić information content (AvgIpc) is 2.91. The Labute approximate surface area is 126 Å². The molecular weight excluding hydrogens is 272 g/mol. The number of carbonyl (C=O) groups excluding carboxylic acids is 1. The molecule has 2 amide bonds. The van der Waals surface area contributed by atoms with E-state index in [1.807, 2.05) is 6.92 Å². The quantitative estimate of drug-likeness (QED) is 0.609. The van der Waals surface area contributed by atoms with Crippen molar-refractivity contribution in [1.29, 1.82) is 0 Å². The SMILES string of the molecule is CC(CCCC(C)C(=O)O)NC(=O)NCCC1CCCO1. The van der Waals surface area contributed by atoms with E-state index in [2.05, 4.69) is 10.6 Å². The first-order chi connectivity index (χ1) is 9.99. The van der Waals surface area contributed by atoms with Crippen molar-refractivity contribution in [1.82, 2.24) is 10.6 Å². The number of carboxylic acid groups (broad SMARTS) is 1. The molecule has 3 N–H and O–H groups in total. The Morgan fingerprint density at radius 1 is 1.33 bits per heavy atom. The van der Waals surface area contributed by atoms with Crippen LogP contribution < -0.4 is 10.6 Å². The van der Waals surface area contributed by atoms with Crippen molar-refractivity contribution in [3.05, 3.63) is 0 Å². The van der Waals surface area contributed by atoms with Crippen LogP contribution in [-0.4, -0.2) is 42.4 Å². The third-order valence-electron chi connectivity index (χ3n) is 3.85. The Kier molecular flexibility index (Phi) is 8.12. The molecule has 0 spiro atoms. The van der Waals surface area contributed by atoms with E-state index in [-0.39, 0.29) is 18.0 Å². The van der Waals surface area contributed by atoms with E-state index in [0.717, 1.165) is 38.7 Å². The maximum atomic E-state index is 11.7. The van der Waals surface area contributed by atoms with Crippen LogP contribution in [0.1, 0.15) is 52.4 Å². The lowest BCUT2D eigenvalue weighted by Crippen LogP contribution is -2.41. The summed E-state index contributed by atoms with van der Waals surface area (Å²) in [4.78, 5) is 22.4. The zero-order chi connectivity index (χ0) is 15.7. The summed E-state index contributed by atoms with van der Waals surface area (Å²) < 4.78 is 5.49. The van der Waals surface area contributed by atoms with Crippen LogP contribution in [0.15, 0.2) is 0 Å². The number of ether oxygens (including phenoxy) is 1. The molecule has 6 heteroatoms. The average molecular weight is 300 g/mol. The minimum atomic E-state index is -0.762. The maximum Gasteiger partial charge on any atom is 0.314 e. The van der Waals surface area contributed by atoms with E-state index in [1.54, 1.807) is 6.92 Å². The van der Waals surface area contributed by atoms with Crippen molar-refractivity contribution in [2.45, 2.75) is 64.5 Å². The number of nitrogens with one attached hydrogen (secondary N) is 2. The van der Waals surface area contributed by atoms with Crippen molar-refractivity contribution in [3.8, 4) is 0 Å². The highest BCUT2D eigenvalue weighted by Gasteiger charge is 2.15. The molecule has 0 radical (unpaired) electrons. The maximum absolute atomic E-state index is 11.7. The normalized spacial score (nSPS) is 20.8. The minimum absolute atomic E-state index is 0.0497. The Morgan fingerprint density at radius 2 is 2.10 bits per heavy atom. The molecule has 1 heterocycles. The van der Waals surface area contributed by atoms with Gasteiger partial charge < -0.3 is 20.5 Å². The molecule has 3 atom stereocenters. The van der Waals surface area contributed by atoms with Crippen LogP contribution in [-0.2, 0) is 9.53 Å². The number of hydrogen-bond donors (Lipinski definition) is 3. The predicted octanol–water partition coefficient (Wildman–Crippen LogP) is 2.13. The molecule has 0 aromatic rings. The molecule has 6 nitrogen and oxygen atoms in total. The molecule has 0 saturated carbocycles. The molecular formula is C15H28N2O4. The standard InChI is InChI=1S/C15H28N2O4/c1-11(14(18)19)5-3-6-12(2)17-15(20)16-9-8-13-7-4-10-21-13/h11-13H,3-10H2,1-2H3,(H,18,19)(H2,16,17,20). The second kappa shape index (κ2) is 9.60. The van der Waals surface area contributed by atoms with Gasteiger partial charge in [0, 0.05) is 19.2 Å². The number of aliphatic carboxylic acids is 1. The van der Waals surface area contributed by atoms with Gasteiger partial charge in [0.25, 0.3) is 0 Å². The Bertz CT molecular complexity index is 330. The fourth-order valence-electron chi connectivity index (χ4n) is 2.42. The molecule has 3 unspecified atom stereocenters. The van der Waals surface area contributed by atoms with Gasteiger partial charge in [0.1, 0.15) is 0 Å². The first-order valence-corrected chi connectivity index (χ1v) is 7.87. The molecule has 0 aromatic heterocycles. The summed E-state index contributed by atoms with van der Waals surface area (Å²) in [5.74, 6) is -1.08. The first-order valence-electron chi connectivity index (χ1n) is 7.87. The molecule has 0 bridgehead atoms. The Balaban J connectivity index is 2.03. The number of carboxylic acids is 1. The Morgan fingerprint density at radius 3 is 2.71 bits per heavy atom. The highest BCUT2D eigenvalue weighted by atomic mass is 16.5. The number of carbonyl (C=O) groups is 2. The second-order valence-corrected chi connectivity index (χ2v) is 5.90. The van der Waals surface area contributed by atoms with Gasteiger partial charge in [0.2, 0.25) is 0 Å². The summed E-state index contributed by atoms with van der Waals surface area (Å²) in [6, 6.07) is -0.111. The smallest absolute Gasteiger partial charge is 0.314 e. The topological polar surface area (TPSA) is 87.7 Å². The molecule has 1 aliphatic heterocycles. The zero-order valence-corrected chi connectivity index (χ0v) is 13.1. The van der Waals surface area contributed by atoms with Crippen molar-refractivity contribution < 1.29 is 19.4 Å². The summed E-state index contributed by atoms with van der Waals surface area (Å²) in [6.45, 7) is 5.10. The van der Waals surface area contributed by atoms with Crippen LogP contribution in [0.5, 0.6) is 0 Å². The van der Waals surface area contributed by atoms with E-state index >= 15 is 0 Å². The van der Waals surface area contributed by atoms with Gasteiger partial charge in [-0.3, -0.25) is 4.79 Å². The monoisotopic (exact) mass is 300 g/mol. The van der Waals surface area contributed by atoms with Crippen LogP contribution in [0.25, 0.3) is 0 Å². The van der Waals surface area contributed by atoms with Crippen molar-refractivity contribution >= 4 is 12.0 Å². The van der Waals surface area contributed by atoms with Crippen LogP contribution in [0.4, 0.5) is 4.79 Å². The van der Waals surface area contributed by atoms with Gasteiger partial charge in [-0.25, -0.2) is 4.79 Å². The minimum Gasteiger partial charge on any atom is -0.481 e. The lowest BCUT2D eigenvalue weighted by atomic mass is 10.0. The van der Waals surface area contributed by atoms with Gasteiger partial charge in [0.05, 0.1) is 12.0 Å². The van der Waals surface area contributed by atoms with Crippen molar-refractivity contribution in [3.63, 3.8) is 0 Å². The third kappa shape index (κ3) is 7.90. The highest BCUT2D eigenvalue weighted by Crippen LogP contribution is 2.14. The van der Waals surface area contributed by atoms with Gasteiger partial charge in [-0.2, -0.15) is 0 Å². The highest BCUT2D eigenvalue weighted by molar-refractivity contribution is 5.74. The van der Waals surface area contributed by atoms with E-state index < -0.39 is 5.97 Å². The van der Waals surface area contributed by atoms with E-state index in [4.69, 9.17) is 9.84 Å².